The van der Waals surface area contributed by atoms with Crippen LogP contribution in [0.3, 0.4) is 0 Å². The van der Waals surface area contributed by atoms with Crippen LogP contribution >= 0.6 is 27.5 Å². The van der Waals surface area contributed by atoms with Crippen LogP contribution in [0.15, 0.2) is 53.0 Å². The van der Waals surface area contributed by atoms with Gasteiger partial charge < -0.3 is 4.98 Å². The Balaban J connectivity index is 2.22. The van der Waals surface area contributed by atoms with E-state index in [9.17, 15) is 0 Å². The number of aromatic nitrogens is 1. The van der Waals surface area contributed by atoms with Crippen LogP contribution in [0.1, 0.15) is 0 Å². The third kappa shape index (κ3) is 1.99. The zero-order chi connectivity index (χ0) is 11.8. The molecule has 1 aromatic heterocycles. The molecule has 2 aromatic carbocycles. The van der Waals surface area contributed by atoms with Gasteiger partial charge in [0.05, 0.1) is 0 Å². The maximum absolute atomic E-state index is 6.00. The van der Waals surface area contributed by atoms with Crippen molar-refractivity contribution in [2.45, 2.75) is 0 Å². The lowest BCUT2D eigenvalue weighted by Crippen LogP contribution is -1.75. The molecular weight excluding hydrogens is 298 g/mol. The molecule has 1 heterocycles. The Kier molecular flexibility index (Phi) is 2.69. The number of nitrogens with one attached hydrogen (secondary N) is 1. The second-order valence-electron chi connectivity index (χ2n) is 3.89. The average Bonchev–Trinajstić information content (AvgIpc) is 2.74. The van der Waals surface area contributed by atoms with E-state index in [1.807, 2.05) is 36.4 Å². The van der Waals surface area contributed by atoms with Crippen molar-refractivity contribution >= 4 is 38.4 Å². The Morgan fingerprint density at radius 3 is 2.59 bits per heavy atom. The predicted molar refractivity (Wildman–Crippen MR) is 76.4 cm³/mol. The summed E-state index contributed by atoms with van der Waals surface area (Å²) >= 11 is 9.55. The normalized spacial score (nSPS) is 10.9. The molecule has 84 valence electrons. The standard InChI is InChI=1S/C14H9BrClN/c15-12-5-2-6-13-11(12)8-14(17-13)9-3-1-4-10(16)7-9/h1-8,17H. The van der Waals surface area contributed by atoms with Crippen molar-refractivity contribution in [2.75, 3.05) is 0 Å². The van der Waals surface area contributed by atoms with E-state index in [-0.39, 0.29) is 0 Å². The minimum absolute atomic E-state index is 0.750. The van der Waals surface area contributed by atoms with Gasteiger partial charge >= 0.3 is 0 Å². The first-order chi connectivity index (χ1) is 8.24. The second-order valence-corrected chi connectivity index (χ2v) is 5.19. The second kappa shape index (κ2) is 4.21. The zero-order valence-corrected chi connectivity index (χ0v) is 11.2. The SMILES string of the molecule is Clc1cccc(-c2cc3c(Br)cccc3[nH]2)c1. The van der Waals surface area contributed by atoms with Crippen LogP contribution in [-0.4, -0.2) is 4.98 Å². The number of rotatable bonds is 1. The van der Waals surface area contributed by atoms with E-state index in [0.29, 0.717) is 0 Å². The van der Waals surface area contributed by atoms with Gasteiger partial charge in [0.2, 0.25) is 0 Å². The summed E-state index contributed by atoms with van der Waals surface area (Å²) in [5.74, 6) is 0. The lowest BCUT2D eigenvalue weighted by Gasteiger charge is -1.97. The highest BCUT2D eigenvalue weighted by molar-refractivity contribution is 9.10. The molecule has 0 saturated carbocycles. The number of aromatic amines is 1. The first-order valence-electron chi connectivity index (χ1n) is 5.27. The van der Waals surface area contributed by atoms with Crippen molar-refractivity contribution in [1.29, 1.82) is 0 Å². The zero-order valence-electron chi connectivity index (χ0n) is 8.87. The Hall–Kier alpha value is -1.25. The average molecular weight is 307 g/mol. The maximum Gasteiger partial charge on any atom is 0.0470 e. The van der Waals surface area contributed by atoms with E-state index in [4.69, 9.17) is 11.6 Å². The Morgan fingerprint density at radius 1 is 1.00 bits per heavy atom. The molecule has 0 unspecified atom stereocenters. The van der Waals surface area contributed by atoms with Gasteiger partial charge in [-0.1, -0.05) is 45.7 Å². The molecule has 0 spiro atoms. The van der Waals surface area contributed by atoms with Gasteiger partial charge in [0.1, 0.15) is 0 Å². The van der Waals surface area contributed by atoms with Crippen molar-refractivity contribution in [2.24, 2.45) is 0 Å². The van der Waals surface area contributed by atoms with Gasteiger partial charge in [-0.2, -0.15) is 0 Å². The van der Waals surface area contributed by atoms with Gasteiger partial charge in [0.15, 0.2) is 0 Å². The Labute approximate surface area is 113 Å². The van der Waals surface area contributed by atoms with Crippen LogP contribution in [0, 0.1) is 0 Å². The summed E-state index contributed by atoms with van der Waals surface area (Å²) < 4.78 is 1.10. The smallest absolute Gasteiger partial charge is 0.0470 e. The third-order valence-corrected chi connectivity index (χ3v) is 3.67. The van der Waals surface area contributed by atoms with Crippen molar-refractivity contribution in [1.82, 2.24) is 4.98 Å². The predicted octanol–water partition coefficient (Wildman–Crippen LogP) is 5.25. The van der Waals surface area contributed by atoms with Gasteiger partial charge in [0, 0.05) is 26.1 Å². The summed E-state index contributed by atoms with van der Waals surface area (Å²) in [4.78, 5) is 3.39. The van der Waals surface area contributed by atoms with Crippen LogP contribution in [0.5, 0.6) is 0 Å². The monoisotopic (exact) mass is 305 g/mol. The minimum Gasteiger partial charge on any atom is -0.354 e. The number of H-pyrrole nitrogens is 1. The van der Waals surface area contributed by atoms with Gasteiger partial charge in [-0.15, -0.1) is 0 Å². The quantitative estimate of drug-likeness (QED) is 0.632. The summed E-state index contributed by atoms with van der Waals surface area (Å²) in [7, 11) is 0. The molecule has 3 rings (SSSR count). The fourth-order valence-electron chi connectivity index (χ4n) is 1.93. The molecule has 0 aliphatic carbocycles. The fraction of sp³-hybridized carbons (Fsp3) is 0. The number of fused-ring (bicyclic) bond motifs is 1. The number of halogens is 2. The highest BCUT2D eigenvalue weighted by atomic mass is 79.9. The molecule has 1 N–H and O–H groups in total. The molecule has 0 fully saturated rings. The van der Waals surface area contributed by atoms with E-state index < -0.39 is 0 Å². The molecule has 0 aliphatic heterocycles. The Bertz CT molecular complexity index is 688. The van der Waals surface area contributed by atoms with Crippen molar-refractivity contribution in [3.8, 4) is 11.3 Å². The maximum atomic E-state index is 6.00. The number of hydrogen-bond acceptors (Lipinski definition) is 0. The molecule has 0 aliphatic rings. The molecule has 0 saturated heterocycles. The van der Waals surface area contributed by atoms with E-state index in [1.165, 1.54) is 5.39 Å². The molecule has 0 amide bonds. The third-order valence-electron chi connectivity index (χ3n) is 2.75. The van der Waals surface area contributed by atoms with Crippen molar-refractivity contribution < 1.29 is 0 Å². The first kappa shape index (κ1) is 10.9. The fourth-order valence-corrected chi connectivity index (χ4v) is 2.60. The lowest BCUT2D eigenvalue weighted by atomic mass is 10.1. The van der Waals surface area contributed by atoms with Gasteiger partial charge in [-0.25, -0.2) is 0 Å². The lowest BCUT2D eigenvalue weighted by molar-refractivity contribution is 1.45. The minimum atomic E-state index is 0.750. The summed E-state index contributed by atoms with van der Waals surface area (Å²) in [5, 5.41) is 1.93. The molecule has 0 bridgehead atoms. The largest absolute Gasteiger partial charge is 0.354 e. The molecule has 3 aromatic rings. The van der Waals surface area contributed by atoms with Crippen LogP contribution in [-0.2, 0) is 0 Å². The Morgan fingerprint density at radius 2 is 1.82 bits per heavy atom. The summed E-state index contributed by atoms with van der Waals surface area (Å²) in [6.07, 6.45) is 0. The van der Waals surface area contributed by atoms with Crippen molar-refractivity contribution in [3.05, 3.63) is 58.0 Å². The van der Waals surface area contributed by atoms with Crippen molar-refractivity contribution in [3.63, 3.8) is 0 Å². The van der Waals surface area contributed by atoms with E-state index in [1.54, 1.807) is 0 Å². The first-order valence-corrected chi connectivity index (χ1v) is 6.44. The molecule has 1 nitrogen and oxygen atoms in total. The number of hydrogen-bond donors (Lipinski definition) is 1. The number of benzene rings is 2. The van der Waals surface area contributed by atoms with Crippen LogP contribution in [0.4, 0.5) is 0 Å². The summed E-state index contributed by atoms with van der Waals surface area (Å²) in [5.41, 5.74) is 3.30. The van der Waals surface area contributed by atoms with Crippen LogP contribution in [0.2, 0.25) is 5.02 Å². The van der Waals surface area contributed by atoms with Gasteiger partial charge in [-0.3, -0.25) is 0 Å². The molecular formula is C14H9BrClN. The molecule has 0 atom stereocenters. The van der Waals surface area contributed by atoms with Gasteiger partial charge in [0.25, 0.3) is 0 Å². The molecule has 0 radical (unpaired) electrons. The summed E-state index contributed by atoms with van der Waals surface area (Å²) in [6.45, 7) is 0. The van der Waals surface area contributed by atoms with Crippen LogP contribution < -0.4 is 0 Å². The molecule has 3 heteroatoms. The van der Waals surface area contributed by atoms with E-state index >= 15 is 0 Å². The topological polar surface area (TPSA) is 15.8 Å². The van der Waals surface area contributed by atoms with Crippen LogP contribution in [0.25, 0.3) is 22.2 Å². The van der Waals surface area contributed by atoms with E-state index in [0.717, 1.165) is 26.3 Å². The van der Waals surface area contributed by atoms with Gasteiger partial charge in [-0.05, 0) is 35.9 Å². The highest BCUT2D eigenvalue weighted by Gasteiger charge is 2.05. The molecule has 17 heavy (non-hydrogen) atoms. The summed E-state index contributed by atoms with van der Waals surface area (Å²) in [6, 6.07) is 16.1. The van der Waals surface area contributed by atoms with E-state index in [2.05, 4.69) is 33.0 Å². The highest BCUT2D eigenvalue weighted by Crippen LogP contribution is 2.30.